The highest BCUT2D eigenvalue weighted by Crippen LogP contribution is 2.34. The van der Waals surface area contributed by atoms with E-state index in [1.807, 2.05) is 0 Å². The third kappa shape index (κ3) is 3.45. The molecule has 2 heteroatoms. The Kier molecular flexibility index (Phi) is 4.48. The van der Waals surface area contributed by atoms with E-state index >= 15 is 0 Å². The van der Waals surface area contributed by atoms with E-state index in [9.17, 15) is 0 Å². The topological polar surface area (TPSA) is 29.3 Å². The number of nitrogens with zero attached hydrogens (tertiary/aromatic N) is 1. The van der Waals surface area contributed by atoms with Crippen molar-refractivity contribution in [3.8, 4) is 0 Å². The summed E-state index contributed by atoms with van der Waals surface area (Å²) in [5.41, 5.74) is 6.87. The Morgan fingerprint density at radius 3 is 2.41 bits per heavy atom. The molecule has 2 atom stereocenters. The third-order valence-electron chi connectivity index (χ3n) is 5.38. The zero-order valence-electron chi connectivity index (χ0n) is 11.8. The highest BCUT2D eigenvalue weighted by Gasteiger charge is 2.30. The summed E-state index contributed by atoms with van der Waals surface area (Å²) in [7, 11) is 0. The van der Waals surface area contributed by atoms with Gasteiger partial charge in [0.05, 0.1) is 0 Å². The molecule has 0 radical (unpaired) electrons. The molecule has 17 heavy (non-hydrogen) atoms. The molecule has 1 saturated carbocycles. The maximum atomic E-state index is 6.25. The van der Waals surface area contributed by atoms with Crippen molar-refractivity contribution in [1.29, 1.82) is 0 Å². The van der Waals surface area contributed by atoms with Crippen molar-refractivity contribution in [1.82, 2.24) is 4.90 Å². The minimum absolute atomic E-state index is 0.475. The van der Waals surface area contributed by atoms with Crippen molar-refractivity contribution in [3.05, 3.63) is 0 Å². The van der Waals surface area contributed by atoms with Crippen LogP contribution in [0.15, 0.2) is 0 Å². The smallest absolute Gasteiger partial charge is 0.00793 e. The van der Waals surface area contributed by atoms with Gasteiger partial charge in [-0.1, -0.05) is 33.1 Å². The molecule has 0 aromatic heterocycles. The normalized spacial score (nSPS) is 34.8. The predicted molar refractivity (Wildman–Crippen MR) is 74.0 cm³/mol. The molecule has 0 aromatic rings. The van der Waals surface area contributed by atoms with E-state index in [0.29, 0.717) is 11.5 Å². The van der Waals surface area contributed by atoms with Crippen molar-refractivity contribution < 1.29 is 0 Å². The molecule has 2 rings (SSSR count). The summed E-state index contributed by atoms with van der Waals surface area (Å²) in [4.78, 5) is 2.67. The fraction of sp³-hybridized carbons (Fsp3) is 1.00. The van der Waals surface area contributed by atoms with E-state index in [4.69, 9.17) is 5.73 Å². The van der Waals surface area contributed by atoms with E-state index in [1.165, 1.54) is 64.6 Å². The maximum absolute atomic E-state index is 6.25. The van der Waals surface area contributed by atoms with Gasteiger partial charge >= 0.3 is 0 Å². The lowest BCUT2D eigenvalue weighted by atomic mass is 9.77. The molecule has 2 N–H and O–H groups in total. The van der Waals surface area contributed by atoms with Crippen LogP contribution in [0.25, 0.3) is 0 Å². The second-order valence-electron chi connectivity index (χ2n) is 6.67. The standard InChI is InChI=1S/C15H30N2/c1-3-15(2)8-10-17(11-9-15)12-13-6-4-5-7-14(13)16/h13-14H,3-12,16H2,1-2H3. The lowest BCUT2D eigenvalue weighted by Gasteiger charge is -2.41. The van der Waals surface area contributed by atoms with Crippen molar-refractivity contribution in [2.24, 2.45) is 17.1 Å². The van der Waals surface area contributed by atoms with Crippen LogP contribution in [0.1, 0.15) is 58.8 Å². The van der Waals surface area contributed by atoms with Crippen LogP contribution in [0.4, 0.5) is 0 Å². The summed E-state index contributed by atoms with van der Waals surface area (Å²) >= 11 is 0. The number of hydrogen-bond donors (Lipinski definition) is 1. The number of nitrogens with two attached hydrogens (primary N) is 1. The van der Waals surface area contributed by atoms with Gasteiger partial charge < -0.3 is 10.6 Å². The van der Waals surface area contributed by atoms with Crippen LogP contribution in [0.3, 0.4) is 0 Å². The predicted octanol–water partition coefficient (Wildman–Crippen LogP) is 3.02. The first-order chi connectivity index (χ1) is 8.13. The fourth-order valence-corrected chi connectivity index (χ4v) is 3.42. The van der Waals surface area contributed by atoms with Gasteiger partial charge in [-0.3, -0.25) is 0 Å². The van der Waals surface area contributed by atoms with Crippen molar-refractivity contribution in [3.63, 3.8) is 0 Å². The summed E-state index contributed by atoms with van der Waals surface area (Å²) in [5, 5.41) is 0. The van der Waals surface area contributed by atoms with Crippen LogP contribution in [-0.4, -0.2) is 30.6 Å². The SMILES string of the molecule is CCC1(C)CCN(CC2CCCCC2N)CC1. The molecule has 2 fully saturated rings. The first kappa shape index (κ1) is 13.4. The number of hydrogen-bond acceptors (Lipinski definition) is 2. The highest BCUT2D eigenvalue weighted by molar-refractivity contribution is 4.85. The largest absolute Gasteiger partial charge is 0.327 e. The quantitative estimate of drug-likeness (QED) is 0.819. The Morgan fingerprint density at radius 2 is 1.82 bits per heavy atom. The van der Waals surface area contributed by atoms with E-state index < -0.39 is 0 Å². The lowest BCUT2D eigenvalue weighted by Crippen LogP contribution is -2.45. The molecule has 1 heterocycles. The Morgan fingerprint density at radius 1 is 1.18 bits per heavy atom. The minimum Gasteiger partial charge on any atom is -0.327 e. The molecule has 1 aliphatic heterocycles. The monoisotopic (exact) mass is 238 g/mol. The van der Waals surface area contributed by atoms with E-state index in [2.05, 4.69) is 18.7 Å². The third-order valence-corrected chi connectivity index (χ3v) is 5.38. The summed E-state index contributed by atoms with van der Waals surface area (Å²) < 4.78 is 0. The first-order valence-corrected chi connectivity index (χ1v) is 7.61. The van der Waals surface area contributed by atoms with Crippen molar-refractivity contribution in [2.45, 2.75) is 64.8 Å². The number of piperidine rings is 1. The van der Waals surface area contributed by atoms with Gasteiger partial charge in [-0.25, -0.2) is 0 Å². The highest BCUT2D eigenvalue weighted by atomic mass is 15.1. The average Bonchev–Trinajstić information content (AvgIpc) is 2.35. The van der Waals surface area contributed by atoms with Gasteiger partial charge in [0, 0.05) is 12.6 Å². The molecule has 1 saturated heterocycles. The number of likely N-dealkylation sites (tertiary alicyclic amines) is 1. The molecule has 1 aliphatic carbocycles. The van der Waals surface area contributed by atoms with Crippen LogP contribution < -0.4 is 5.73 Å². The summed E-state index contributed by atoms with van der Waals surface area (Å²) in [5.74, 6) is 0.773. The summed E-state index contributed by atoms with van der Waals surface area (Å²) in [6, 6.07) is 0.475. The Bertz CT molecular complexity index is 231. The van der Waals surface area contributed by atoms with Crippen molar-refractivity contribution >= 4 is 0 Å². The van der Waals surface area contributed by atoms with Gasteiger partial charge in [0.15, 0.2) is 0 Å². The molecule has 100 valence electrons. The summed E-state index contributed by atoms with van der Waals surface area (Å²) in [6.07, 6.45) is 9.47. The second-order valence-corrected chi connectivity index (χ2v) is 6.67. The number of rotatable bonds is 3. The molecule has 0 spiro atoms. The van der Waals surface area contributed by atoms with E-state index in [1.54, 1.807) is 0 Å². The van der Waals surface area contributed by atoms with E-state index in [-0.39, 0.29) is 0 Å². The average molecular weight is 238 g/mol. The van der Waals surface area contributed by atoms with Crippen LogP contribution in [0.2, 0.25) is 0 Å². The van der Waals surface area contributed by atoms with Gasteiger partial charge in [-0.15, -0.1) is 0 Å². The Hall–Kier alpha value is -0.0800. The lowest BCUT2D eigenvalue weighted by molar-refractivity contribution is 0.0901. The molecule has 0 bridgehead atoms. The maximum Gasteiger partial charge on any atom is 0.00793 e. The van der Waals surface area contributed by atoms with Crippen LogP contribution in [0.5, 0.6) is 0 Å². The molecular formula is C15H30N2. The van der Waals surface area contributed by atoms with Gasteiger partial charge in [0.1, 0.15) is 0 Å². The molecular weight excluding hydrogens is 208 g/mol. The Labute approximate surface area is 107 Å². The Balaban J connectivity index is 1.77. The second kappa shape index (κ2) is 5.71. The van der Waals surface area contributed by atoms with Gasteiger partial charge in [0.2, 0.25) is 0 Å². The van der Waals surface area contributed by atoms with Gasteiger partial charge in [0.25, 0.3) is 0 Å². The zero-order valence-corrected chi connectivity index (χ0v) is 11.8. The fourth-order valence-electron chi connectivity index (χ4n) is 3.42. The summed E-state index contributed by atoms with van der Waals surface area (Å²) in [6.45, 7) is 8.66. The molecule has 0 amide bonds. The van der Waals surface area contributed by atoms with Crippen LogP contribution >= 0.6 is 0 Å². The minimum atomic E-state index is 0.475. The van der Waals surface area contributed by atoms with Gasteiger partial charge in [-0.05, 0) is 50.1 Å². The van der Waals surface area contributed by atoms with Crippen molar-refractivity contribution in [2.75, 3.05) is 19.6 Å². The van der Waals surface area contributed by atoms with E-state index in [0.717, 1.165) is 5.92 Å². The molecule has 2 unspecified atom stereocenters. The zero-order chi connectivity index (χ0) is 12.3. The van der Waals surface area contributed by atoms with Crippen LogP contribution in [0, 0.1) is 11.3 Å². The van der Waals surface area contributed by atoms with Gasteiger partial charge in [-0.2, -0.15) is 0 Å². The molecule has 2 nitrogen and oxygen atoms in total. The first-order valence-electron chi connectivity index (χ1n) is 7.61. The molecule has 2 aliphatic rings. The molecule has 0 aromatic carbocycles. The van der Waals surface area contributed by atoms with Crippen LogP contribution in [-0.2, 0) is 0 Å².